The van der Waals surface area contributed by atoms with E-state index >= 15 is 0 Å². The minimum Gasteiger partial charge on any atom is -0.468 e. The maximum Gasteiger partial charge on any atom is 0.255 e. The Kier molecular flexibility index (Phi) is 6.37. The van der Waals surface area contributed by atoms with E-state index in [0.29, 0.717) is 11.4 Å². The van der Waals surface area contributed by atoms with Crippen LogP contribution in [0, 0.1) is 0 Å². The average molecular weight is 450 g/mol. The van der Waals surface area contributed by atoms with Crippen molar-refractivity contribution in [2.24, 2.45) is 0 Å². The SMILES string of the molecule is CNS(=O)(=O)c1ccc(NC(=O)c2cccc(S(=O)(=O)NCc3ccco3)c2)cc1. The fourth-order valence-corrected chi connectivity index (χ4v) is 4.27. The number of nitrogens with one attached hydrogen (secondary N) is 3. The van der Waals surface area contributed by atoms with Crippen molar-refractivity contribution in [2.75, 3.05) is 12.4 Å². The number of furan rings is 1. The van der Waals surface area contributed by atoms with Crippen molar-refractivity contribution < 1.29 is 26.0 Å². The molecule has 0 aliphatic carbocycles. The molecule has 0 saturated heterocycles. The fourth-order valence-electron chi connectivity index (χ4n) is 2.51. The molecule has 0 saturated carbocycles. The van der Waals surface area contributed by atoms with Crippen LogP contribution in [0.1, 0.15) is 16.1 Å². The largest absolute Gasteiger partial charge is 0.468 e. The smallest absolute Gasteiger partial charge is 0.255 e. The Morgan fingerprint density at radius 3 is 2.27 bits per heavy atom. The van der Waals surface area contributed by atoms with E-state index in [9.17, 15) is 21.6 Å². The van der Waals surface area contributed by atoms with E-state index in [0.717, 1.165) is 0 Å². The first-order valence-corrected chi connectivity index (χ1v) is 11.6. The van der Waals surface area contributed by atoms with Crippen LogP contribution in [0.2, 0.25) is 0 Å². The topological polar surface area (TPSA) is 135 Å². The molecule has 30 heavy (non-hydrogen) atoms. The summed E-state index contributed by atoms with van der Waals surface area (Å²) in [4.78, 5) is 12.5. The van der Waals surface area contributed by atoms with Crippen molar-refractivity contribution >= 4 is 31.6 Å². The summed E-state index contributed by atoms with van der Waals surface area (Å²) in [6.07, 6.45) is 1.44. The van der Waals surface area contributed by atoms with Gasteiger partial charge in [0.25, 0.3) is 5.91 Å². The molecule has 158 valence electrons. The number of amides is 1. The Morgan fingerprint density at radius 2 is 1.63 bits per heavy atom. The van der Waals surface area contributed by atoms with E-state index in [-0.39, 0.29) is 21.9 Å². The van der Waals surface area contributed by atoms with Gasteiger partial charge in [-0.15, -0.1) is 0 Å². The van der Waals surface area contributed by atoms with Crippen LogP contribution in [-0.4, -0.2) is 29.8 Å². The van der Waals surface area contributed by atoms with Gasteiger partial charge in [0.1, 0.15) is 5.76 Å². The zero-order chi connectivity index (χ0) is 21.8. The molecule has 0 fully saturated rings. The molecule has 11 heteroatoms. The molecule has 0 aliphatic heterocycles. The highest BCUT2D eigenvalue weighted by molar-refractivity contribution is 7.89. The molecular weight excluding hydrogens is 430 g/mol. The van der Waals surface area contributed by atoms with E-state index in [1.54, 1.807) is 12.1 Å². The molecule has 0 spiro atoms. The van der Waals surface area contributed by atoms with Gasteiger partial charge in [0.05, 0.1) is 22.6 Å². The summed E-state index contributed by atoms with van der Waals surface area (Å²) in [7, 11) is -6.14. The van der Waals surface area contributed by atoms with E-state index in [1.165, 1.54) is 61.8 Å². The molecule has 3 rings (SSSR count). The third kappa shape index (κ3) is 5.13. The Morgan fingerprint density at radius 1 is 0.900 bits per heavy atom. The van der Waals surface area contributed by atoms with Crippen molar-refractivity contribution in [2.45, 2.75) is 16.3 Å². The molecule has 0 bridgehead atoms. The summed E-state index contributed by atoms with van der Waals surface area (Å²) < 4.78 is 58.1. The molecule has 0 unspecified atom stereocenters. The number of anilines is 1. The van der Waals surface area contributed by atoms with Gasteiger partial charge in [-0.25, -0.2) is 26.3 Å². The number of rotatable bonds is 8. The van der Waals surface area contributed by atoms with Crippen LogP contribution in [0.3, 0.4) is 0 Å². The Labute approximate surface area is 174 Å². The number of hydrogen-bond acceptors (Lipinski definition) is 6. The second-order valence-electron chi connectivity index (χ2n) is 6.12. The Hall–Kier alpha value is -2.99. The lowest BCUT2D eigenvalue weighted by atomic mass is 10.2. The third-order valence-electron chi connectivity index (χ3n) is 4.11. The van der Waals surface area contributed by atoms with Gasteiger partial charge in [0.2, 0.25) is 20.0 Å². The van der Waals surface area contributed by atoms with E-state index in [4.69, 9.17) is 4.42 Å². The first kappa shape index (κ1) is 21.7. The van der Waals surface area contributed by atoms with Gasteiger partial charge < -0.3 is 9.73 Å². The fraction of sp³-hybridized carbons (Fsp3) is 0.105. The van der Waals surface area contributed by atoms with Crippen LogP contribution >= 0.6 is 0 Å². The minimum absolute atomic E-state index is 0.0202. The van der Waals surface area contributed by atoms with Gasteiger partial charge in [-0.05, 0) is 61.6 Å². The van der Waals surface area contributed by atoms with Crippen LogP contribution in [0.5, 0.6) is 0 Å². The first-order chi connectivity index (χ1) is 14.2. The lowest BCUT2D eigenvalue weighted by molar-refractivity contribution is 0.102. The number of sulfonamides is 2. The second kappa shape index (κ2) is 8.79. The van der Waals surface area contributed by atoms with Gasteiger partial charge in [-0.2, -0.15) is 0 Å². The summed E-state index contributed by atoms with van der Waals surface area (Å²) in [5.41, 5.74) is 0.488. The van der Waals surface area contributed by atoms with Gasteiger partial charge in [0.15, 0.2) is 0 Å². The van der Waals surface area contributed by atoms with Crippen LogP contribution in [-0.2, 0) is 26.6 Å². The zero-order valence-electron chi connectivity index (χ0n) is 15.8. The Balaban J connectivity index is 1.73. The lowest BCUT2D eigenvalue weighted by Gasteiger charge is -2.09. The van der Waals surface area contributed by atoms with Crippen LogP contribution in [0.25, 0.3) is 0 Å². The molecule has 0 atom stereocenters. The van der Waals surface area contributed by atoms with E-state index in [2.05, 4.69) is 14.8 Å². The molecule has 0 radical (unpaired) electrons. The maximum atomic E-state index is 12.5. The highest BCUT2D eigenvalue weighted by Gasteiger charge is 2.17. The molecule has 1 aromatic heterocycles. The molecule has 9 nitrogen and oxygen atoms in total. The van der Waals surface area contributed by atoms with Gasteiger partial charge >= 0.3 is 0 Å². The first-order valence-electron chi connectivity index (χ1n) is 8.68. The standard InChI is InChI=1S/C19H19N3O6S2/c1-20-29(24,25)17-9-7-15(8-10-17)22-19(23)14-4-2-6-18(12-14)30(26,27)21-13-16-5-3-11-28-16/h2-12,20-21H,13H2,1H3,(H,22,23). The summed E-state index contributed by atoms with van der Waals surface area (Å²) >= 11 is 0. The molecule has 0 aliphatic rings. The highest BCUT2D eigenvalue weighted by Crippen LogP contribution is 2.17. The van der Waals surface area contributed by atoms with E-state index in [1.807, 2.05) is 0 Å². The molecule has 1 heterocycles. The summed E-state index contributed by atoms with van der Waals surface area (Å²) in [6, 6.07) is 14.4. The molecule has 3 aromatic rings. The minimum atomic E-state index is -3.85. The number of carbonyl (C=O) groups is 1. The normalized spacial score (nSPS) is 11.9. The third-order valence-corrected chi connectivity index (χ3v) is 6.94. The second-order valence-corrected chi connectivity index (χ2v) is 9.77. The van der Waals surface area contributed by atoms with Gasteiger partial charge in [-0.1, -0.05) is 6.07 Å². The summed E-state index contributed by atoms with van der Waals surface area (Å²) in [6.45, 7) is -0.0202. The molecular formula is C19H19N3O6S2. The van der Waals surface area contributed by atoms with E-state index < -0.39 is 26.0 Å². The predicted molar refractivity (Wildman–Crippen MR) is 110 cm³/mol. The Bertz CT molecular complexity index is 1240. The quantitative estimate of drug-likeness (QED) is 0.481. The zero-order valence-corrected chi connectivity index (χ0v) is 17.5. The number of benzene rings is 2. The van der Waals surface area contributed by atoms with Crippen molar-refractivity contribution in [3.63, 3.8) is 0 Å². The van der Waals surface area contributed by atoms with Crippen LogP contribution in [0.15, 0.2) is 81.1 Å². The van der Waals surface area contributed by atoms with Crippen molar-refractivity contribution in [3.05, 3.63) is 78.3 Å². The monoisotopic (exact) mass is 449 g/mol. The maximum absolute atomic E-state index is 12.5. The van der Waals surface area contributed by atoms with Crippen molar-refractivity contribution in [1.82, 2.24) is 9.44 Å². The lowest BCUT2D eigenvalue weighted by Crippen LogP contribution is -2.23. The summed E-state index contributed by atoms with van der Waals surface area (Å²) in [5.74, 6) is -0.0847. The number of carbonyl (C=O) groups excluding carboxylic acids is 1. The summed E-state index contributed by atoms with van der Waals surface area (Å²) in [5, 5.41) is 2.60. The van der Waals surface area contributed by atoms with Crippen molar-refractivity contribution in [1.29, 1.82) is 0 Å². The van der Waals surface area contributed by atoms with Crippen molar-refractivity contribution in [3.8, 4) is 0 Å². The predicted octanol–water partition coefficient (Wildman–Crippen LogP) is 1.92. The molecule has 3 N–H and O–H groups in total. The highest BCUT2D eigenvalue weighted by atomic mass is 32.2. The van der Waals surface area contributed by atoms with Gasteiger partial charge in [-0.3, -0.25) is 4.79 Å². The number of hydrogen-bond donors (Lipinski definition) is 3. The molecule has 2 aromatic carbocycles. The average Bonchev–Trinajstić information content (AvgIpc) is 3.27. The van der Waals surface area contributed by atoms with Gasteiger partial charge in [0, 0.05) is 11.3 Å². The van der Waals surface area contributed by atoms with Crippen LogP contribution < -0.4 is 14.8 Å². The van der Waals surface area contributed by atoms with Crippen LogP contribution in [0.4, 0.5) is 5.69 Å². The molecule has 1 amide bonds.